The second-order valence-electron chi connectivity index (χ2n) is 5.01. The van der Waals surface area contributed by atoms with Crippen LogP contribution in [-0.2, 0) is 6.42 Å². The van der Waals surface area contributed by atoms with Crippen molar-refractivity contribution in [2.24, 2.45) is 0 Å². The van der Waals surface area contributed by atoms with E-state index in [0.29, 0.717) is 0 Å². The van der Waals surface area contributed by atoms with Crippen molar-refractivity contribution in [1.82, 2.24) is 0 Å². The molecule has 104 valence electrons. The molecular formula is C20H18O. The van der Waals surface area contributed by atoms with E-state index in [9.17, 15) is 0 Å². The molecule has 0 saturated carbocycles. The molecule has 0 N–H and O–H groups in total. The second-order valence-corrected chi connectivity index (χ2v) is 5.01. The maximum atomic E-state index is 5.58. The van der Waals surface area contributed by atoms with E-state index in [-0.39, 0.29) is 0 Å². The molecule has 1 heteroatoms. The zero-order valence-corrected chi connectivity index (χ0v) is 12.1. The average Bonchev–Trinajstić information content (AvgIpc) is 2.57. The summed E-state index contributed by atoms with van der Waals surface area (Å²) in [6.07, 6.45) is 0.870. The van der Waals surface area contributed by atoms with E-state index in [4.69, 9.17) is 4.74 Å². The van der Waals surface area contributed by atoms with Gasteiger partial charge in [-0.1, -0.05) is 72.8 Å². The maximum absolute atomic E-state index is 5.58. The van der Waals surface area contributed by atoms with Crippen molar-refractivity contribution in [3.8, 4) is 16.9 Å². The predicted octanol–water partition coefficient (Wildman–Crippen LogP) is 4.95. The van der Waals surface area contributed by atoms with E-state index < -0.39 is 0 Å². The van der Waals surface area contributed by atoms with Crippen LogP contribution >= 0.6 is 0 Å². The molecule has 0 amide bonds. The summed E-state index contributed by atoms with van der Waals surface area (Å²) in [7, 11) is 1.73. The lowest BCUT2D eigenvalue weighted by Gasteiger charge is -2.14. The molecule has 0 radical (unpaired) electrons. The number of benzene rings is 3. The SMILES string of the molecule is COc1cccc(-c2ccccc2)c1Cc1ccccc1. The Morgan fingerprint density at radius 3 is 2.05 bits per heavy atom. The van der Waals surface area contributed by atoms with E-state index >= 15 is 0 Å². The summed E-state index contributed by atoms with van der Waals surface area (Å²) in [6, 6.07) is 27.2. The molecule has 0 fully saturated rings. The fourth-order valence-corrected chi connectivity index (χ4v) is 2.63. The van der Waals surface area contributed by atoms with Crippen molar-refractivity contribution in [2.75, 3.05) is 7.11 Å². The Bertz CT molecular complexity index is 702. The van der Waals surface area contributed by atoms with Gasteiger partial charge in [0, 0.05) is 12.0 Å². The normalized spacial score (nSPS) is 10.3. The molecule has 0 aliphatic carbocycles. The van der Waals surface area contributed by atoms with Gasteiger partial charge in [0.1, 0.15) is 5.75 Å². The summed E-state index contributed by atoms with van der Waals surface area (Å²) in [5.41, 5.74) is 4.98. The molecule has 21 heavy (non-hydrogen) atoms. The smallest absolute Gasteiger partial charge is 0.123 e. The molecular weight excluding hydrogens is 256 g/mol. The van der Waals surface area contributed by atoms with E-state index in [0.717, 1.165) is 12.2 Å². The van der Waals surface area contributed by atoms with Crippen LogP contribution in [0.5, 0.6) is 5.75 Å². The van der Waals surface area contributed by atoms with Crippen LogP contribution in [0.3, 0.4) is 0 Å². The van der Waals surface area contributed by atoms with Crippen LogP contribution in [0.25, 0.3) is 11.1 Å². The highest BCUT2D eigenvalue weighted by atomic mass is 16.5. The molecule has 0 aliphatic heterocycles. The molecule has 0 atom stereocenters. The molecule has 3 aromatic rings. The molecule has 0 aliphatic rings. The largest absolute Gasteiger partial charge is 0.496 e. The Hall–Kier alpha value is -2.54. The molecule has 3 rings (SSSR count). The Morgan fingerprint density at radius 1 is 0.714 bits per heavy atom. The van der Waals surface area contributed by atoms with Gasteiger partial charge in [-0.3, -0.25) is 0 Å². The highest BCUT2D eigenvalue weighted by molar-refractivity contribution is 5.70. The summed E-state index contributed by atoms with van der Waals surface area (Å²) >= 11 is 0. The van der Waals surface area contributed by atoms with Gasteiger partial charge in [-0.2, -0.15) is 0 Å². The van der Waals surface area contributed by atoms with Crippen molar-refractivity contribution >= 4 is 0 Å². The van der Waals surface area contributed by atoms with Crippen molar-refractivity contribution in [3.05, 3.63) is 90.0 Å². The van der Waals surface area contributed by atoms with Gasteiger partial charge in [-0.25, -0.2) is 0 Å². The van der Waals surface area contributed by atoms with E-state index in [1.54, 1.807) is 7.11 Å². The quantitative estimate of drug-likeness (QED) is 0.654. The molecule has 0 heterocycles. The number of rotatable bonds is 4. The third-order valence-electron chi connectivity index (χ3n) is 3.66. The summed E-state index contributed by atoms with van der Waals surface area (Å²) in [5, 5.41) is 0. The van der Waals surface area contributed by atoms with E-state index in [1.165, 1.54) is 22.3 Å². The summed E-state index contributed by atoms with van der Waals surface area (Å²) in [4.78, 5) is 0. The van der Waals surface area contributed by atoms with Gasteiger partial charge in [0.15, 0.2) is 0 Å². The maximum Gasteiger partial charge on any atom is 0.123 e. The summed E-state index contributed by atoms with van der Waals surface area (Å²) < 4.78 is 5.58. The van der Waals surface area contributed by atoms with Gasteiger partial charge in [0.25, 0.3) is 0 Å². The Labute approximate surface area is 125 Å². The topological polar surface area (TPSA) is 9.23 Å². The molecule has 0 aromatic heterocycles. The minimum atomic E-state index is 0.870. The third-order valence-corrected chi connectivity index (χ3v) is 3.66. The minimum Gasteiger partial charge on any atom is -0.496 e. The van der Waals surface area contributed by atoms with Crippen LogP contribution in [0.1, 0.15) is 11.1 Å². The first-order valence-corrected chi connectivity index (χ1v) is 7.13. The fraction of sp³-hybridized carbons (Fsp3) is 0.100. The van der Waals surface area contributed by atoms with Gasteiger partial charge in [-0.15, -0.1) is 0 Å². The van der Waals surface area contributed by atoms with Crippen LogP contribution in [0.2, 0.25) is 0 Å². The lowest BCUT2D eigenvalue weighted by molar-refractivity contribution is 0.411. The first-order valence-electron chi connectivity index (χ1n) is 7.13. The number of hydrogen-bond donors (Lipinski definition) is 0. The molecule has 0 unspecified atom stereocenters. The first-order chi connectivity index (χ1) is 10.4. The van der Waals surface area contributed by atoms with Gasteiger partial charge < -0.3 is 4.74 Å². The zero-order valence-electron chi connectivity index (χ0n) is 12.1. The molecule has 1 nitrogen and oxygen atoms in total. The van der Waals surface area contributed by atoms with Crippen molar-refractivity contribution in [1.29, 1.82) is 0 Å². The monoisotopic (exact) mass is 274 g/mol. The van der Waals surface area contributed by atoms with Crippen LogP contribution < -0.4 is 4.74 Å². The Kier molecular flexibility index (Phi) is 4.02. The van der Waals surface area contributed by atoms with Gasteiger partial charge in [0.2, 0.25) is 0 Å². The van der Waals surface area contributed by atoms with Crippen LogP contribution in [0.4, 0.5) is 0 Å². The first kappa shape index (κ1) is 13.4. The van der Waals surface area contributed by atoms with Gasteiger partial charge in [0.05, 0.1) is 7.11 Å². The Balaban J connectivity index is 2.09. The van der Waals surface area contributed by atoms with Crippen molar-refractivity contribution in [2.45, 2.75) is 6.42 Å². The highest BCUT2D eigenvalue weighted by Crippen LogP contribution is 2.32. The van der Waals surface area contributed by atoms with Crippen molar-refractivity contribution in [3.63, 3.8) is 0 Å². The minimum absolute atomic E-state index is 0.870. The standard InChI is InChI=1S/C20H18O/c1-21-20-14-8-13-18(17-11-6-3-7-12-17)19(20)15-16-9-4-2-5-10-16/h2-14H,15H2,1H3. The highest BCUT2D eigenvalue weighted by Gasteiger charge is 2.11. The number of methoxy groups -OCH3 is 1. The lowest BCUT2D eigenvalue weighted by Crippen LogP contribution is -1.97. The van der Waals surface area contributed by atoms with Crippen LogP contribution in [0.15, 0.2) is 78.9 Å². The van der Waals surface area contributed by atoms with Crippen molar-refractivity contribution < 1.29 is 4.74 Å². The summed E-state index contributed by atoms with van der Waals surface area (Å²) in [5.74, 6) is 0.945. The average molecular weight is 274 g/mol. The number of ether oxygens (including phenoxy) is 1. The summed E-state index contributed by atoms with van der Waals surface area (Å²) in [6.45, 7) is 0. The molecule has 0 spiro atoms. The van der Waals surface area contributed by atoms with E-state index in [2.05, 4.69) is 60.7 Å². The van der Waals surface area contributed by atoms with Gasteiger partial charge in [-0.05, 0) is 22.8 Å². The third kappa shape index (κ3) is 2.97. The van der Waals surface area contributed by atoms with Gasteiger partial charge >= 0.3 is 0 Å². The van der Waals surface area contributed by atoms with Crippen LogP contribution in [-0.4, -0.2) is 7.11 Å². The number of hydrogen-bond acceptors (Lipinski definition) is 1. The predicted molar refractivity (Wildman–Crippen MR) is 87.7 cm³/mol. The second kappa shape index (κ2) is 6.27. The molecule has 0 saturated heterocycles. The fourth-order valence-electron chi connectivity index (χ4n) is 2.63. The molecule has 0 bridgehead atoms. The van der Waals surface area contributed by atoms with E-state index in [1.807, 2.05) is 18.2 Å². The lowest BCUT2D eigenvalue weighted by atomic mass is 9.94. The Morgan fingerprint density at radius 2 is 1.38 bits per heavy atom. The van der Waals surface area contributed by atoms with Crippen LogP contribution in [0, 0.1) is 0 Å². The zero-order chi connectivity index (χ0) is 14.5. The molecule has 3 aromatic carbocycles.